The standard InChI is InChI=1S/C29H40N6O8/c1-2-3-9-24(38)35(25(39)10-5-4-6-18-34-22(36)15-16-23(34)37)21(8-7-17-33-28(31)41)26(40)27(43-29(32)42)19-11-13-20(30)14-12-19/h11-16,21,27H,2-10,17-18,30H2,1H3,(H2,32,42)(H3,31,33,41). The van der Waals surface area contributed by atoms with E-state index in [1.807, 2.05) is 6.92 Å². The molecule has 0 aromatic heterocycles. The zero-order chi connectivity index (χ0) is 31.9. The Morgan fingerprint density at radius 2 is 1.49 bits per heavy atom. The number of amides is 7. The first-order valence-corrected chi connectivity index (χ1v) is 14.2. The molecule has 0 aliphatic carbocycles. The van der Waals surface area contributed by atoms with Crippen molar-refractivity contribution in [2.45, 2.75) is 76.9 Å². The average Bonchev–Trinajstić information content (AvgIpc) is 3.28. The highest BCUT2D eigenvalue weighted by atomic mass is 16.6. The number of nitrogens with zero attached hydrogens (tertiary/aromatic N) is 2. The van der Waals surface area contributed by atoms with Crippen LogP contribution >= 0.6 is 0 Å². The molecule has 0 fully saturated rings. The van der Waals surface area contributed by atoms with Crippen LogP contribution in [0.15, 0.2) is 36.4 Å². The van der Waals surface area contributed by atoms with E-state index in [2.05, 4.69) is 5.32 Å². The number of Topliss-reactive ketones (excluding diaryl/α,β-unsaturated/α-hetero) is 1. The van der Waals surface area contributed by atoms with E-state index in [0.717, 1.165) is 9.80 Å². The number of unbranched alkanes of at least 4 members (excludes halogenated alkanes) is 3. The van der Waals surface area contributed by atoms with Gasteiger partial charge >= 0.3 is 12.1 Å². The van der Waals surface area contributed by atoms with Gasteiger partial charge in [-0.1, -0.05) is 31.9 Å². The van der Waals surface area contributed by atoms with Gasteiger partial charge in [-0.15, -0.1) is 0 Å². The first-order chi connectivity index (χ1) is 20.5. The van der Waals surface area contributed by atoms with E-state index in [1.165, 1.54) is 36.4 Å². The summed E-state index contributed by atoms with van der Waals surface area (Å²) in [6, 6.07) is 3.83. The Hall–Kier alpha value is -4.75. The molecule has 0 saturated carbocycles. The van der Waals surface area contributed by atoms with Gasteiger partial charge in [0.15, 0.2) is 6.10 Å². The molecule has 43 heavy (non-hydrogen) atoms. The lowest BCUT2D eigenvalue weighted by atomic mass is 9.94. The van der Waals surface area contributed by atoms with Gasteiger partial charge in [-0.2, -0.15) is 0 Å². The summed E-state index contributed by atoms with van der Waals surface area (Å²) in [6.07, 6.45) is 2.02. The van der Waals surface area contributed by atoms with Gasteiger partial charge in [-0.3, -0.25) is 33.8 Å². The Bertz CT molecular complexity index is 1200. The molecular formula is C29H40N6O8. The minimum absolute atomic E-state index is 0.000945. The van der Waals surface area contributed by atoms with E-state index in [1.54, 1.807) is 0 Å². The maximum Gasteiger partial charge on any atom is 0.405 e. The van der Waals surface area contributed by atoms with Crippen LogP contribution in [0.4, 0.5) is 15.3 Å². The number of primary amides is 2. The summed E-state index contributed by atoms with van der Waals surface area (Å²) < 4.78 is 5.18. The molecule has 0 saturated heterocycles. The summed E-state index contributed by atoms with van der Waals surface area (Å²) in [5.41, 5.74) is 16.8. The maximum absolute atomic E-state index is 14.0. The molecule has 0 radical (unpaired) electrons. The normalized spacial score (nSPS) is 13.8. The lowest BCUT2D eigenvalue weighted by molar-refractivity contribution is -0.154. The maximum atomic E-state index is 14.0. The molecule has 1 heterocycles. The molecular weight excluding hydrogens is 560 g/mol. The lowest BCUT2D eigenvalue weighted by Crippen LogP contribution is -2.50. The van der Waals surface area contributed by atoms with Gasteiger partial charge in [0.05, 0.1) is 0 Å². The van der Waals surface area contributed by atoms with Crippen LogP contribution < -0.4 is 22.5 Å². The number of ketones is 1. The number of nitrogens with one attached hydrogen (secondary N) is 1. The number of ether oxygens (including phenoxy) is 1. The van der Waals surface area contributed by atoms with E-state index < -0.39 is 53.7 Å². The second kappa shape index (κ2) is 17.3. The molecule has 7 amide bonds. The van der Waals surface area contributed by atoms with Gasteiger partial charge in [0.2, 0.25) is 17.6 Å². The number of hydrogen-bond acceptors (Lipinski definition) is 9. The number of rotatable bonds is 18. The highest BCUT2D eigenvalue weighted by Crippen LogP contribution is 2.26. The van der Waals surface area contributed by atoms with Gasteiger partial charge < -0.3 is 27.3 Å². The van der Waals surface area contributed by atoms with Gasteiger partial charge in [-0.25, -0.2) is 9.59 Å². The van der Waals surface area contributed by atoms with E-state index in [9.17, 15) is 33.6 Å². The summed E-state index contributed by atoms with van der Waals surface area (Å²) >= 11 is 0. The van der Waals surface area contributed by atoms with Crippen LogP contribution in [0.25, 0.3) is 0 Å². The zero-order valence-electron chi connectivity index (χ0n) is 24.3. The summed E-state index contributed by atoms with van der Waals surface area (Å²) in [7, 11) is 0. The number of anilines is 1. The molecule has 234 valence electrons. The second-order valence-electron chi connectivity index (χ2n) is 10.1. The quantitative estimate of drug-likeness (QED) is 0.109. The fourth-order valence-corrected chi connectivity index (χ4v) is 4.59. The molecule has 1 aromatic rings. The number of benzene rings is 1. The van der Waals surface area contributed by atoms with E-state index in [4.69, 9.17) is 21.9 Å². The Labute approximate surface area is 249 Å². The fraction of sp³-hybridized carbons (Fsp3) is 0.483. The van der Waals surface area contributed by atoms with Gasteiger partial charge in [0.25, 0.3) is 11.8 Å². The Morgan fingerprint density at radius 1 is 0.884 bits per heavy atom. The molecule has 7 N–H and O–H groups in total. The molecule has 1 aliphatic heterocycles. The first kappa shape index (κ1) is 34.5. The van der Waals surface area contributed by atoms with Crippen LogP contribution in [-0.4, -0.2) is 70.5 Å². The predicted molar refractivity (Wildman–Crippen MR) is 156 cm³/mol. The zero-order valence-corrected chi connectivity index (χ0v) is 24.3. The first-order valence-electron chi connectivity index (χ1n) is 14.2. The number of nitrogens with two attached hydrogens (primary N) is 3. The predicted octanol–water partition coefficient (Wildman–Crippen LogP) is 1.82. The van der Waals surface area contributed by atoms with Crippen molar-refractivity contribution in [3.05, 3.63) is 42.0 Å². The molecule has 1 aliphatic rings. The van der Waals surface area contributed by atoms with Crippen molar-refractivity contribution in [2.24, 2.45) is 11.5 Å². The third kappa shape index (κ3) is 10.9. The monoisotopic (exact) mass is 600 g/mol. The Kier molecular flexibility index (Phi) is 13.8. The number of carbonyl (C=O) groups excluding carboxylic acids is 7. The van der Waals surface area contributed by atoms with Crippen molar-refractivity contribution in [1.29, 1.82) is 0 Å². The Morgan fingerprint density at radius 3 is 2.05 bits per heavy atom. The number of urea groups is 1. The van der Waals surface area contributed by atoms with Crippen LogP contribution in [0.3, 0.4) is 0 Å². The minimum Gasteiger partial charge on any atom is -0.433 e. The third-order valence-corrected chi connectivity index (χ3v) is 6.78. The fourth-order valence-electron chi connectivity index (χ4n) is 4.59. The minimum atomic E-state index is -1.54. The number of hydrogen-bond donors (Lipinski definition) is 4. The second-order valence-corrected chi connectivity index (χ2v) is 10.1. The van der Waals surface area contributed by atoms with Crippen molar-refractivity contribution < 1.29 is 38.3 Å². The molecule has 0 spiro atoms. The molecule has 2 rings (SSSR count). The Balaban J connectivity index is 2.29. The van der Waals surface area contributed by atoms with Crippen LogP contribution in [-0.2, 0) is 28.7 Å². The summed E-state index contributed by atoms with van der Waals surface area (Å²) in [6.45, 7) is 2.14. The molecule has 2 atom stereocenters. The van der Waals surface area contributed by atoms with Crippen molar-refractivity contribution in [1.82, 2.24) is 15.1 Å². The van der Waals surface area contributed by atoms with E-state index in [0.29, 0.717) is 37.8 Å². The van der Waals surface area contributed by atoms with E-state index in [-0.39, 0.29) is 44.3 Å². The SMILES string of the molecule is CCCCC(=O)N(C(=O)CCCCCN1C(=O)C=CC1=O)C(CCCNC(N)=O)C(=O)C(OC(N)=O)c1ccc(N)cc1. The van der Waals surface area contributed by atoms with Crippen LogP contribution in [0.1, 0.15) is 76.4 Å². The lowest BCUT2D eigenvalue weighted by Gasteiger charge is -2.32. The third-order valence-electron chi connectivity index (χ3n) is 6.78. The van der Waals surface area contributed by atoms with Crippen molar-refractivity contribution in [3.8, 4) is 0 Å². The average molecular weight is 601 g/mol. The van der Waals surface area contributed by atoms with Crippen molar-refractivity contribution in [3.63, 3.8) is 0 Å². The molecule has 14 heteroatoms. The summed E-state index contributed by atoms with van der Waals surface area (Å²) in [4.78, 5) is 89.5. The number of imide groups is 2. The van der Waals surface area contributed by atoms with Crippen LogP contribution in [0.5, 0.6) is 0 Å². The summed E-state index contributed by atoms with van der Waals surface area (Å²) in [5, 5.41) is 2.41. The van der Waals surface area contributed by atoms with Crippen LogP contribution in [0, 0.1) is 0 Å². The largest absolute Gasteiger partial charge is 0.433 e. The highest BCUT2D eigenvalue weighted by Gasteiger charge is 2.39. The van der Waals surface area contributed by atoms with Crippen LogP contribution in [0.2, 0.25) is 0 Å². The molecule has 1 aromatic carbocycles. The van der Waals surface area contributed by atoms with E-state index >= 15 is 0 Å². The van der Waals surface area contributed by atoms with Crippen molar-refractivity contribution in [2.75, 3.05) is 18.8 Å². The number of carbonyl (C=O) groups is 7. The van der Waals surface area contributed by atoms with Gasteiger partial charge in [0.1, 0.15) is 6.04 Å². The van der Waals surface area contributed by atoms with Gasteiger partial charge in [-0.05, 0) is 44.2 Å². The smallest absolute Gasteiger partial charge is 0.405 e. The van der Waals surface area contributed by atoms with Crippen molar-refractivity contribution >= 4 is 47.2 Å². The molecule has 2 unspecified atom stereocenters. The topological polar surface area (TPSA) is 225 Å². The molecule has 14 nitrogen and oxygen atoms in total. The number of nitrogen functional groups attached to an aromatic ring is 1. The summed E-state index contributed by atoms with van der Waals surface area (Å²) in [5.74, 6) is -2.71. The highest BCUT2D eigenvalue weighted by molar-refractivity contribution is 6.12. The molecule has 0 bridgehead atoms. The van der Waals surface area contributed by atoms with Gasteiger partial charge in [0, 0.05) is 49.3 Å².